The van der Waals surface area contributed by atoms with Gasteiger partial charge in [0.05, 0.1) is 0 Å². The van der Waals surface area contributed by atoms with Gasteiger partial charge in [-0.15, -0.1) is 0 Å². The molecule has 0 bridgehead atoms. The van der Waals surface area contributed by atoms with Crippen molar-refractivity contribution in [2.75, 3.05) is 13.2 Å². The summed E-state index contributed by atoms with van der Waals surface area (Å²) in [5.74, 6) is -0.953. The number of allylic oxidation sites excluding steroid dienone is 12. The van der Waals surface area contributed by atoms with Gasteiger partial charge in [0.2, 0.25) is 0 Å². The summed E-state index contributed by atoms with van der Waals surface area (Å²) >= 11 is 0. The van der Waals surface area contributed by atoms with Crippen molar-refractivity contribution in [1.29, 1.82) is 0 Å². The molecule has 0 saturated heterocycles. The highest BCUT2D eigenvalue weighted by molar-refractivity contribution is 5.71. The molecule has 0 aliphatic carbocycles. The van der Waals surface area contributed by atoms with Crippen LogP contribution in [-0.4, -0.2) is 37.2 Å². The van der Waals surface area contributed by atoms with Crippen LogP contribution in [0.2, 0.25) is 0 Å². The SMILES string of the molecule is CCCC/C=C\CCCCCCCC(=O)O[C@@H](COC(=O)CCCC/C=C\C/C=C\C/C=C\CCCCC)COC(=O)CCCCCCCCC/C=C\C/C=C\CCCCC. The van der Waals surface area contributed by atoms with Crippen molar-refractivity contribution in [1.82, 2.24) is 0 Å². The molecule has 0 aromatic carbocycles. The second kappa shape index (κ2) is 49.5. The third kappa shape index (κ3) is 47.7. The van der Waals surface area contributed by atoms with Crippen molar-refractivity contribution >= 4 is 17.9 Å². The summed E-state index contributed by atoms with van der Waals surface area (Å²) in [6.45, 7) is 6.49. The molecule has 350 valence electrons. The Hall–Kier alpha value is -3.15. The molecule has 0 unspecified atom stereocenters. The molecule has 0 aromatic rings. The van der Waals surface area contributed by atoms with Gasteiger partial charge < -0.3 is 14.2 Å². The van der Waals surface area contributed by atoms with Crippen LogP contribution in [0.3, 0.4) is 0 Å². The second-order valence-corrected chi connectivity index (χ2v) is 16.7. The molecule has 0 spiro atoms. The van der Waals surface area contributed by atoms with E-state index in [4.69, 9.17) is 14.2 Å². The number of hydrogen-bond acceptors (Lipinski definition) is 6. The Morgan fingerprint density at radius 1 is 0.328 bits per heavy atom. The molecule has 0 N–H and O–H groups in total. The summed E-state index contributed by atoms with van der Waals surface area (Å²) in [5, 5.41) is 0. The van der Waals surface area contributed by atoms with Gasteiger partial charge in [0, 0.05) is 19.3 Å². The Morgan fingerprint density at radius 2 is 0.607 bits per heavy atom. The highest BCUT2D eigenvalue weighted by Gasteiger charge is 2.19. The molecule has 0 aromatic heterocycles. The van der Waals surface area contributed by atoms with E-state index in [2.05, 4.69) is 93.7 Å². The van der Waals surface area contributed by atoms with Gasteiger partial charge >= 0.3 is 17.9 Å². The number of esters is 3. The van der Waals surface area contributed by atoms with E-state index in [9.17, 15) is 14.4 Å². The fourth-order valence-electron chi connectivity index (χ4n) is 6.75. The average Bonchev–Trinajstić information content (AvgIpc) is 3.26. The highest BCUT2D eigenvalue weighted by atomic mass is 16.6. The number of carbonyl (C=O) groups excluding carboxylic acids is 3. The van der Waals surface area contributed by atoms with Crippen LogP contribution < -0.4 is 0 Å². The standard InChI is InChI=1S/C55H94O6/c1-4-7-10-13-16-19-22-24-26-27-29-31-34-36-39-42-45-48-54(57)60-51-52(61-55(58)49-46-43-40-37-32-21-18-15-12-9-6-3)50-59-53(56)47-44-41-38-35-33-30-28-25-23-20-17-14-11-8-5-2/h15-20,24-26,28,33,35,52H,4-14,21-23,27,29-32,34,36-51H2,1-3H3/b18-15-,19-16-,20-17-,26-24-,28-25-,35-33-/t52-/m0/s1. The highest BCUT2D eigenvalue weighted by Crippen LogP contribution is 2.13. The number of hydrogen-bond donors (Lipinski definition) is 0. The topological polar surface area (TPSA) is 78.9 Å². The maximum absolute atomic E-state index is 12.7. The van der Waals surface area contributed by atoms with Crippen LogP contribution in [0, 0.1) is 0 Å². The minimum absolute atomic E-state index is 0.0954. The molecule has 0 aliphatic heterocycles. The minimum atomic E-state index is -0.797. The van der Waals surface area contributed by atoms with Crippen molar-refractivity contribution in [2.45, 2.75) is 245 Å². The first-order valence-corrected chi connectivity index (χ1v) is 25.4. The first-order chi connectivity index (χ1) is 30.0. The summed E-state index contributed by atoms with van der Waals surface area (Å²) in [6.07, 6.45) is 61.7. The van der Waals surface area contributed by atoms with Gasteiger partial charge in [-0.3, -0.25) is 14.4 Å². The number of ether oxygens (including phenoxy) is 3. The number of unbranched alkanes of at least 4 members (excludes halogenated alkanes) is 22. The smallest absolute Gasteiger partial charge is 0.306 e. The van der Waals surface area contributed by atoms with Crippen LogP contribution in [0.1, 0.15) is 239 Å². The van der Waals surface area contributed by atoms with Gasteiger partial charge in [-0.2, -0.15) is 0 Å². The first kappa shape index (κ1) is 57.9. The molecule has 6 nitrogen and oxygen atoms in total. The Kier molecular flexibility index (Phi) is 46.9. The van der Waals surface area contributed by atoms with Crippen LogP contribution in [0.25, 0.3) is 0 Å². The lowest BCUT2D eigenvalue weighted by atomic mass is 10.1. The Bertz CT molecular complexity index is 1160. The molecule has 0 heterocycles. The van der Waals surface area contributed by atoms with Gasteiger partial charge in [-0.1, -0.05) is 184 Å². The largest absolute Gasteiger partial charge is 0.462 e. The zero-order valence-corrected chi connectivity index (χ0v) is 39.9. The summed E-state index contributed by atoms with van der Waals surface area (Å²) in [6, 6.07) is 0. The summed E-state index contributed by atoms with van der Waals surface area (Å²) in [7, 11) is 0. The summed E-state index contributed by atoms with van der Waals surface area (Å²) in [4.78, 5) is 37.9. The van der Waals surface area contributed by atoms with Gasteiger partial charge in [-0.25, -0.2) is 0 Å². The molecule has 0 radical (unpaired) electrons. The Balaban J connectivity index is 4.43. The average molecular weight is 851 g/mol. The predicted octanol–water partition coefficient (Wildman–Crippen LogP) is 16.6. The van der Waals surface area contributed by atoms with Crippen LogP contribution >= 0.6 is 0 Å². The second-order valence-electron chi connectivity index (χ2n) is 16.7. The van der Waals surface area contributed by atoms with E-state index < -0.39 is 6.10 Å². The Labute approximate surface area is 376 Å². The molecule has 0 saturated carbocycles. The number of rotatable bonds is 45. The van der Waals surface area contributed by atoms with Crippen LogP contribution in [0.15, 0.2) is 72.9 Å². The Morgan fingerprint density at radius 3 is 1.02 bits per heavy atom. The fourth-order valence-corrected chi connectivity index (χ4v) is 6.75. The zero-order chi connectivity index (χ0) is 44.4. The molecule has 61 heavy (non-hydrogen) atoms. The molecule has 0 fully saturated rings. The lowest BCUT2D eigenvalue weighted by molar-refractivity contribution is -0.167. The predicted molar refractivity (Wildman–Crippen MR) is 261 cm³/mol. The van der Waals surface area contributed by atoms with E-state index in [0.29, 0.717) is 19.3 Å². The van der Waals surface area contributed by atoms with Gasteiger partial charge in [0.25, 0.3) is 0 Å². The zero-order valence-electron chi connectivity index (χ0n) is 39.9. The van der Waals surface area contributed by atoms with Crippen LogP contribution in [-0.2, 0) is 28.6 Å². The maximum atomic E-state index is 12.7. The van der Waals surface area contributed by atoms with E-state index in [-0.39, 0.29) is 31.1 Å². The maximum Gasteiger partial charge on any atom is 0.306 e. The molecule has 6 heteroatoms. The summed E-state index contributed by atoms with van der Waals surface area (Å²) in [5.41, 5.74) is 0. The third-order valence-electron chi connectivity index (χ3n) is 10.7. The van der Waals surface area contributed by atoms with E-state index in [1.807, 2.05) is 0 Å². The van der Waals surface area contributed by atoms with Gasteiger partial charge in [0.1, 0.15) is 13.2 Å². The molecular weight excluding hydrogens is 757 g/mol. The van der Waals surface area contributed by atoms with Crippen molar-refractivity contribution < 1.29 is 28.6 Å². The molecule has 1 atom stereocenters. The lowest BCUT2D eigenvalue weighted by Gasteiger charge is -2.18. The van der Waals surface area contributed by atoms with Crippen molar-refractivity contribution in [2.24, 2.45) is 0 Å². The van der Waals surface area contributed by atoms with Crippen LogP contribution in [0.5, 0.6) is 0 Å². The van der Waals surface area contributed by atoms with Crippen LogP contribution in [0.4, 0.5) is 0 Å². The fraction of sp³-hybridized carbons (Fsp3) is 0.727. The van der Waals surface area contributed by atoms with E-state index >= 15 is 0 Å². The van der Waals surface area contributed by atoms with Gasteiger partial charge in [-0.05, 0) is 109 Å². The molecule has 0 rings (SSSR count). The van der Waals surface area contributed by atoms with E-state index in [1.54, 1.807) is 0 Å². The van der Waals surface area contributed by atoms with E-state index in [1.165, 1.54) is 103 Å². The van der Waals surface area contributed by atoms with E-state index in [0.717, 1.165) is 96.3 Å². The number of carbonyl (C=O) groups is 3. The third-order valence-corrected chi connectivity index (χ3v) is 10.7. The quantitative estimate of drug-likeness (QED) is 0.0263. The molecule has 0 aliphatic rings. The molecular formula is C55H94O6. The first-order valence-electron chi connectivity index (χ1n) is 25.4. The van der Waals surface area contributed by atoms with Crippen molar-refractivity contribution in [3.63, 3.8) is 0 Å². The molecule has 0 amide bonds. The normalized spacial score (nSPS) is 12.6. The van der Waals surface area contributed by atoms with Crippen molar-refractivity contribution in [3.05, 3.63) is 72.9 Å². The minimum Gasteiger partial charge on any atom is -0.462 e. The van der Waals surface area contributed by atoms with Gasteiger partial charge in [0.15, 0.2) is 6.10 Å². The monoisotopic (exact) mass is 851 g/mol. The van der Waals surface area contributed by atoms with Crippen molar-refractivity contribution in [3.8, 4) is 0 Å². The summed E-state index contributed by atoms with van der Waals surface area (Å²) < 4.78 is 16.7. The lowest BCUT2D eigenvalue weighted by Crippen LogP contribution is -2.30.